The van der Waals surface area contributed by atoms with Gasteiger partial charge in [0.05, 0.1) is 0 Å². The molecule has 0 atom stereocenters. The van der Waals surface area contributed by atoms with Crippen molar-refractivity contribution >= 4 is 22.9 Å². The zero-order chi connectivity index (χ0) is 10.7. The van der Waals surface area contributed by atoms with Crippen molar-refractivity contribution in [3.63, 3.8) is 0 Å². The number of halogens is 1. The van der Waals surface area contributed by atoms with Crippen molar-refractivity contribution in [1.29, 1.82) is 0 Å². The van der Waals surface area contributed by atoms with E-state index in [4.69, 9.17) is 11.6 Å². The lowest BCUT2D eigenvalue weighted by Crippen LogP contribution is -2.52. The van der Waals surface area contributed by atoms with Crippen LogP contribution in [-0.4, -0.2) is 11.4 Å². The molecule has 1 aliphatic rings. The SMILES string of the molecule is CCc1ccc(CNC2(CCl)CCC2)s1. The summed E-state index contributed by atoms with van der Waals surface area (Å²) in [5, 5.41) is 3.61. The molecule has 1 aliphatic carbocycles. The number of nitrogens with one attached hydrogen (secondary N) is 1. The Morgan fingerprint density at radius 2 is 2.13 bits per heavy atom. The number of hydrogen-bond acceptors (Lipinski definition) is 2. The standard InChI is InChI=1S/C12H18ClNS/c1-2-10-4-5-11(15-10)8-14-12(9-13)6-3-7-12/h4-5,14H,2-3,6-9H2,1H3. The summed E-state index contributed by atoms with van der Waals surface area (Å²) in [7, 11) is 0. The molecule has 1 aromatic heterocycles. The quantitative estimate of drug-likeness (QED) is 0.780. The van der Waals surface area contributed by atoms with E-state index in [1.807, 2.05) is 11.3 Å². The van der Waals surface area contributed by atoms with E-state index >= 15 is 0 Å². The Balaban J connectivity index is 1.86. The van der Waals surface area contributed by atoms with Crippen LogP contribution >= 0.6 is 22.9 Å². The number of alkyl halides is 1. The number of hydrogen-bond donors (Lipinski definition) is 1. The van der Waals surface area contributed by atoms with Gasteiger partial charge in [-0.1, -0.05) is 6.92 Å². The first-order chi connectivity index (χ1) is 7.28. The van der Waals surface area contributed by atoms with Crippen molar-refractivity contribution < 1.29 is 0 Å². The molecule has 1 fully saturated rings. The van der Waals surface area contributed by atoms with Crippen molar-refractivity contribution in [1.82, 2.24) is 5.32 Å². The van der Waals surface area contributed by atoms with Gasteiger partial charge >= 0.3 is 0 Å². The van der Waals surface area contributed by atoms with Gasteiger partial charge in [0.1, 0.15) is 0 Å². The predicted molar refractivity (Wildman–Crippen MR) is 67.8 cm³/mol. The van der Waals surface area contributed by atoms with E-state index in [0.717, 1.165) is 18.8 Å². The maximum absolute atomic E-state index is 6.00. The van der Waals surface area contributed by atoms with Gasteiger partial charge in [0, 0.05) is 27.7 Å². The Hall–Kier alpha value is -0.0500. The highest BCUT2D eigenvalue weighted by molar-refractivity contribution is 7.11. The summed E-state index contributed by atoms with van der Waals surface area (Å²) in [5.41, 5.74) is 0.248. The van der Waals surface area contributed by atoms with E-state index in [1.54, 1.807) is 0 Å². The molecule has 1 aromatic rings. The van der Waals surface area contributed by atoms with Crippen LogP contribution in [0.5, 0.6) is 0 Å². The lowest BCUT2D eigenvalue weighted by Gasteiger charge is -2.41. The summed E-state index contributed by atoms with van der Waals surface area (Å²) < 4.78 is 0. The van der Waals surface area contributed by atoms with Gasteiger partial charge in [0.25, 0.3) is 0 Å². The fourth-order valence-corrected chi connectivity index (χ4v) is 3.20. The summed E-state index contributed by atoms with van der Waals surface area (Å²) in [5.74, 6) is 0.749. The molecule has 0 aromatic carbocycles. The Morgan fingerprint density at radius 1 is 1.40 bits per heavy atom. The molecule has 1 N–H and O–H groups in total. The molecule has 0 radical (unpaired) electrons. The molecule has 0 amide bonds. The summed E-state index contributed by atoms with van der Waals surface area (Å²) >= 11 is 7.91. The van der Waals surface area contributed by atoms with Crippen LogP contribution in [0.4, 0.5) is 0 Å². The molecule has 0 aliphatic heterocycles. The Morgan fingerprint density at radius 3 is 2.60 bits per heavy atom. The second-order valence-corrected chi connectivity index (χ2v) is 5.86. The molecule has 1 heterocycles. The average Bonchev–Trinajstić information content (AvgIpc) is 2.65. The van der Waals surface area contributed by atoms with E-state index in [1.165, 1.54) is 29.0 Å². The summed E-state index contributed by atoms with van der Waals surface area (Å²) in [6, 6.07) is 4.47. The fraction of sp³-hybridized carbons (Fsp3) is 0.667. The van der Waals surface area contributed by atoms with Crippen LogP contribution in [0.3, 0.4) is 0 Å². The molecular weight excluding hydrogens is 226 g/mol. The van der Waals surface area contributed by atoms with E-state index in [0.29, 0.717) is 0 Å². The molecule has 1 nitrogen and oxygen atoms in total. The van der Waals surface area contributed by atoms with Gasteiger partial charge in [-0.2, -0.15) is 0 Å². The zero-order valence-corrected chi connectivity index (χ0v) is 10.8. The summed E-state index contributed by atoms with van der Waals surface area (Å²) in [4.78, 5) is 2.91. The van der Waals surface area contributed by atoms with Crippen LogP contribution in [-0.2, 0) is 13.0 Å². The second-order valence-electron chi connectivity index (χ2n) is 4.34. The van der Waals surface area contributed by atoms with Crippen LogP contribution in [0.25, 0.3) is 0 Å². The van der Waals surface area contributed by atoms with Crippen molar-refractivity contribution in [3.8, 4) is 0 Å². The smallest absolute Gasteiger partial charge is 0.0406 e. The minimum Gasteiger partial charge on any atom is -0.305 e. The monoisotopic (exact) mass is 243 g/mol. The van der Waals surface area contributed by atoms with Gasteiger partial charge in [0.15, 0.2) is 0 Å². The topological polar surface area (TPSA) is 12.0 Å². The van der Waals surface area contributed by atoms with Crippen LogP contribution in [0, 0.1) is 0 Å². The third kappa shape index (κ3) is 2.55. The Kier molecular flexibility index (Phi) is 3.70. The number of rotatable bonds is 5. The minimum absolute atomic E-state index is 0.248. The van der Waals surface area contributed by atoms with Gasteiger partial charge in [-0.25, -0.2) is 0 Å². The van der Waals surface area contributed by atoms with Crippen LogP contribution in [0.2, 0.25) is 0 Å². The van der Waals surface area contributed by atoms with E-state index in [2.05, 4.69) is 24.4 Å². The first-order valence-electron chi connectivity index (χ1n) is 5.66. The molecule has 84 valence electrons. The van der Waals surface area contributed by atoms with Crippen LogP contribution in [0.1, 0.15) is 35.9 Å². The van der Waals surface area contributed by atoms with Gasteiger partial charge in [-0.3, -0.25) is 0 Å². The average molecular weight is 244 g/mol. The highest BCUT2D eigenvalue weighted by atomic mass is 35.5. The molecular formula is C12H18ClNS. The van der Waals surface area contributed by atoms with E-state index in [9.17, 15) is 0 Å². The molecule has 3 heteroatoms. The van der Waals surface area contributed by atoms with Crippen molar-refractivity contribution in [2.45, 2.75) is 44.7 Å². The minimum atomic E-state index is 0.248. The Bertz CT molecular complexity index is 312. The maximum Gasteiger partial charge on any atom is 0.0406 e. The second kappa shape index (κ2) is 4.86. The first kappa shape index (κ1) is 11.4. The van der Waals surface area contributed by atoms with E-state index in [-0.39, 0.29) is 5.54 Å². The zero-order valence-electron chi connectivity index (χ0n) is 9.18. The summed E-state index contributed by atoms with van der Waals surface area (Å²) in [6.07, 6.45) is 4.95. The third-order valence-electron chi connectivity index (χ3n) is 3.27. The predicted octanol–water partition coefficient (Wildman–Crippen LogP) is 3.56. The normalized spacial score (nSPS) is 18.8. The van der Waals surface area contributed by atoms with Crippen molar-refractivity contribution in [3.05, 3.63) is 21.9 Å². The lowest BCUT2D eigenvalue weighted by molar-refractivity contribution is 0.211. The Labute approximate surface area is 101 Å². The fourth-order valence-electron chi connectivity index (χ4n) is 1.94. The molecule has 15 heavy (non-hydrogen) atoms. The van der Waals surface area contributed by atoms with Crippen molar-refractivity contribution in [2.24, 2.45) is 0 Å². The summed E-state index contributed by atoms with van der Waals surface area (Å²) in [6.45, 7) is 3.19. The highest BCUT2D eigenvalue weighted by Gasteiger charge is 2.35. The number of aryl methyl sites for hydroxylation is 1. The molecule has 2 rings (SSSR count). The highest BCUT2D eigenvalue weighted by Crippen LogP contribution is 2.33. The van der Waals surface area contributed by atoms with Crippen LogP contribution < -0.4 is 5.32 Å². The maximum atomic E-state index is 6.00. The molecule has 0 bridgehead atoms. The first-order valence-corrected chi connectivity index (χ1v) is 7.02. The third-order valence-corrected chi connectivity index (χ3v) is 5.01. The lowest BCUT2D eigenvalue weighted by atomic mass is 9.78. The molecule has 0 unspecified atom stereocenters. The van der Waals surface area contributed by atoms with Gasteiger partial charge in [-0.05, 0) is 37.8 Å². The molecule has 1 saturated carbocycles. The van der Waals surface area contributed by atoms with Crippen molar-refractivity contribution in [2.75, 3.05) is 5.88 Å². The largest absolute Gasteiger partial charge is 0.305 e. The number of thiophene rings is 1. The van der Waals surface area contributed by atoms with Gasteiger partial charge < -0.3 is 5.32 Å². The van der Waals surface area contributed by atoms with Gasteiger partial charge in [-0.15, -0.1) is 22.9 Å². The molecule has 0 saturated heterocycles. The van der Waals surface area contributed by atoms with Gasteiger partial charge in [0.2, 0.25) is 0 Å². The van der Waals surface area contributed by atoms with E-state index < -0.39 is 0 Å². The molecule has 0 spiro atoms. The van der Waals surface area contributed by atoms with Crippen LogP contribution in [0.15, 0.2) is 12.1 Å².